The lowest BCUT2D eigenvalue weighted by Gasteiger charge is -2.34. The van der Waals surface area contributed by atoms with Gasteiger partial charge in [-0.3, -0.25) is 14.6 Å². The number of aromatic nitrogens is 4. The zero-order chi connectivity index (χ0) is 16.2. The molecule has 0 unspecified atom stereocenters. The van der Waals surface area contributed by atoms with Crippen LogP contribution in [0.2, 0.25) is 0 Å². The molecule has 0 atom stereocenters. The first-order chi connectivity index (χ1) is 11.2. The molecule has 1 saturated heterocycles. The molecule has 1 fully saturated rings. The molecule has 0 saturated carbocycles. The summed E-state index contributed by atoms with van der Waals surface area (Å²) < 4.78 is 1.94. The van der Waals surface area contributed by atoms with Crippen LogP contribution >= 0.6 is 0 Å². The van der Waals surface area contributed by atoms with Crippen LogP contribution in [0, 0.1) is 5.92 Å². The van der Waals surface area contributed by atoms with Gasteiger partial charge in [0.05, 0.1) is 17.6 Å². The molecule has 0 spiro atoms. The second-order valence-electron chi connectivity index (χ2n) is 6.71. The third-order valence-electron chi connectivity index (χ3n) is 4.87. The van der Waals surface area contributed by atoms with Gasteiger partial charge in [-0.25, -0.2) is 0 Å². The number of aryl methyl sites for hydroxylation is 1. The Bertz CT molecular complexity index is 626. The topological polar surface area (TPSA) is 46.8 Å². The fourth-order valence-electron chi connectivity index (χ4n) is 3.36. The Morgan fingerprint density at radius 2 is 1.91 bits per heavy atom. The maximum absolute atomic E-state index is 4.63. The Hall–Kier alpha value is -1.75. The van der Waals surface area contributed by atoms with E-state index in [1.54, 1.807) is 6.20 Å². The molecule has 124 valence electrons. The first-order valence-electron chi connectivity index (χ1n) is 8.74. The molecule has 1 aliphatic heterocycles. The summed E-state index contributed by atoms with van der Waals surface area (Å²) in [4.78, 5) is 11.8. The largest absolute Gasteiger partial charge is 0.301 e. The van der Waals surface area contributed by atoms with Crippen molar-refractivity contribution in [3.63, 3.8) is 0 Å². The number of hydrogen-bond donors (Lipinski definition) is 0. The lowest BCUT2D eigenvalue weighted by Crippen LogP contribution is -2.38. The smallest absolute Gasteiger partial charge is 0.0948 e. The van der Waals surface area contributed by atoms with Crippen LogP contribution in [0.5, 0.6) is 0 Å². The van der Waals surface area contributed by atoms with Crippen molar-refractivity contribution in [1.29, 1.82) is 0 Å². The Morgan fingerprint density at radius 3 is 2.57 bits per heavy atom. The molecule has 5 nitrogen and oxygen atoms in total. The first-order valence-corrected chi connectivity index (χ1v) is 8.74. The van der Waals surface area contributed by atoms with Crippen molar-refractivity contribution >= 4 is 0 Å². The van der Waals surface area contributed by atoms with Gasteiger partial charge < -0.3 is 4.90 Å². The van der Waals surface area contributed by atoms with Crippen LogP contribution in [0.4, 0.5) is 0 Å². The average molecular weight is 313 g/mol. The summed E-state index contributed by atoms with van der Waals surface area (Å²) in [5.41, 5.74) is 3.19. The highest BCUT2D eigenvalue weighted by Crippen LogP contribution is 2.26. The summed E-state index contributed by atoms with van der Waals surface area (Å²) in [5, 5.41) is 4.37. The van der Waals surface area contributed by atoms with Crippen LogP contribution < -0.4 is 0 Å². The van der Waals surface area contributed by atoms with Crippen LogP contribution in [0.25, 0.3) is 11.3 Å². The van der Waals surface area contributed by atoms with E-state index >= 15 is 0 Å². The van der Waals surface area contributed by atoms with Gasteiger partial charge >= 0.3 is 0 Å². The van der Waals surface area contributed by atoms with Gasteiger partial charge in [0, 0.05) is 36.7 Å². The van der Waals surface area contributed by atoms with Gasteiger partial charge in [0.1, 0.15) is 0 Å². The second-order valence-corrected chi connectivity index (χ2v) is 6.71. The predicted octanol–water partition coefficient (Wildman–Crippen LogP) is 3.02. The van der Waals surface area contributed by atoms with Crippen molar-refractivity contribution in [2.75, 3.05) is 13.1 Å². The van der Waals surface area contributed by atoms with E-state index in [1.165, 1.54) is 25.9 Å². The standard InChI is InChI=1S/C18H27N5/c1-4-23-13-16(12-21-23)18-17(19-7-8-20-18)11-15-5-9-22(10-6-15)14(2)3/h7-8,12-15H,4-6,9-11H2,1-3H3. The molecule has 23 heavy (non-hydrogen) atoms. The van der Waals surface area contributed by atoms with Crippen LogP contribution in [-0.4, -0.2) is 43.8 Å². The van der Waals surface area contributed by atoms with Crippen molar-refractivity contribution in [3.8, 4) is 11.3 Å². The second kappa shape index (κ2) is 7.21. The Balaban J connectivity index is 1.71. The van der Waals surface area contributed by atoms with Gasteiger partial charge in [0.2, 0.25) is 0 Å². The molecule has 3 rings (SSSR count). The summed E-state index contributed by atoms with van der Waals surface area (Å²) in [6.45, 7) is 9.94. The maximum Gasteiger partial charge on any atom is 0.0948 e. The van der Waals surface area contributed by atoms with Crippen LogP contribution in [0.15, 0.2) is 24.8 Å². The molecule has 1 aliphatic rings. The highest BCUT2D eigenvalue weighted by Gasteiger charge is 2.23. The molecule has 0 radical (unpaired) electrons. The van der Waals surface area contributed by atoms with E-state index in [0.29, 0.717) is 12.0 Å². The van der Waals surface area contributed by atoms with Crippen LogP contribution in [0.1, 0.15) is 39.3 Å². The number of nitrogens with zero attached hydrogens (tertiary/aromatic N) is 5. The van der Waals surface area contributed by atoms with Gasteiger partial charge in [-0.15, -0.1) is 0 Å². The fraction of sp³-hybridized carbons (Fsp3) is 0.611. The highest BCUT2D eigenvalue weighted by molar-refractivity contribution is 5.59. The lowest BCUT2D eigenvalue weighted by molar-refractivity contribution is 0.149. The Morgan fingerprint density at radius 1 is 1.17 bits per heavy atom. The lowest BCUT2D eigenvalue weighted by atomic mass is 9.90. The molecule has 5 heteroatoms. The van der Waals surface area contributed by atoms with Gasteiger partial charge in [-0.2, -0.15) is 5.10 Å². The van der Waals surface area contributed by atoms with E-state index in [1.807, 2.05) is 17.1 Å². The van der Waals surface area contributed by atoms with Crippen LogP contribution in [0.3, 0.4) is 0 Å². The molecular formula is C18H27N5. The Kier molecular flexibility index (Phi) is 5.06. The summed E-state index contributed by atoms with van der Waals surface area (Å²) in [5.74, 6) is 0.710. The molecule has 3 heterocycles. The maximum atomic E-state index is 4.63. The molecule has 0 amide bonds. The molecule has 0 bridgehead atoms. The van der Waals surface area contributed by atoms with Crippen molar-refractivity contribution in [2.24, 2.45) is 5.92 Å². The van der Waals surface area contributed by atoms with E-state index in [0.717, 1.165) is 29.9 Å². The average Bonchev–Trinajstić information content (AvgIpc) is 3.05. The number of piperidine rings is 1. The van der Waals surface area contributed by atoms with E-state index < -0.39 is 0 Å². The van der Waals surface area contributed by atoms with E-state index in [9.17, 15) is 0 Å². The van der Waals surface area contributed by atoms with Crippen molar-refractivity contribution in [3.05, 3.63) is 30.5 Å². The first kappa shape index (κ1) is 16.1. The third-order valence-corrected chi connectivity index (χ3v) is 4.87. The minimum absolute atomic E-state index is 0.655. The molecule has 2 aromatic heterocycles. The van der Waals surface area contributed by atoms with Gasteiger partial charge in [0.25, 0.3) is 0 Å². The minimum atomic E-state index is 0.655. The zero-order valence-corrected chi connectivity index (χ0v) is 14.4. The molecule has 0 aliphatic carbocycles. The monoisotopic (exact) mass is 313 g/mol. The number of hydrogen-bond acceptors (Lipinski definition) is 4. The van der Waals surface area contributed by atoms with E-state index in [-0.39, 0.29) is 0 Å². The highest BCUT2D eigenvalue weighted by atomic mass is 15.3. The van der Waals surface area contributed by atoms with Gasteiger partial charge in [-0.05, 0) is 59.0 Å². The number of likely N-dealkylation sites (tertiary alicyclic amines) is 1. The fourth-order valence-corrected chi connectivity index (χ4v) is 3.36. The normalized spacial score (nSPS) is 17.0. The zero-order valence-electron chi connectivity index (χ0n) is 14.4. The van der Waals surface area contributed by atoms with Crippen molar-refractivity contribution in [1.82, 2.24) is 24.6 Å². The predicted molar refractivity (Wildman–Crippen MR) is 92.1 cm³/mol. The van der Waals surface area contributed by atoms with Gasteiger partial charge in [-0.1, -0.05) is 0 Å². The molecule has 0 N–H and O–H groups in total. The summed E-state index contributed by atoms with van der Waals surface area (Å²) >= 11 is 0. The molecule has 2 aromatic rings. The third kappa shape index (κ3) is 3.78. The van der Waals surface area contributed by atoms with Crippen molar-refractivity contribution < 1.29 is 0 Å². The molecule has 0 aromatic carbocycles. The molecular weight excluding hydrogens is 286 g/mol. The quantitative estimate of drug-likeness (QED) is 0.851. The van der Waals surface area contributed by atoms with Crippen molar-refractivity contribution in [2.45, 2.75) is 52.6 Å². The summed E-state index contributed by atoms with van der Waals surface area (Å²) in [6, 6.07) is 0.655. The minimum Gasteiger partial charge on any atom is -0.301 e. The van der Waals surface area contributed by atoms with Crippen LogP contribution in [-0.2, 0) is 13.0 Å². The summed E-state index contributed by atoms with van der Waals surface area (Å²) in [6.07, 6.45) is 11.1. The van der Waals surface area contributed by atoms with E-state index in [4.69, 9.17) is 0 Å². The number of rotatable bonds is 5. The van der Waals surface area contributed by atoms with E-state index in [2.05, 4.69) is 46.9 Å². The van der Waals surface area contributed by atoms with Gasteiger partial charge in [0.15, 0.2) is 0 Å². The SMILES string of the molecule is CCn1cc(-c2nccnc2CC2CCN(C(C)C)CC2)cn1. The Labute approximate surface area is 138 Å². The summed E-state index contributed by atoms with van der Waals surface area (Å²) in [7, 11) is 0.